The van der Waals surface area contributed by atoms with Crippen molar-refractivity contribution in [3.05, 3.63) is 24.3 Å². The number of nitrogens with one attached hydrogen (secondary N) is 2. The minimum absolute atomic E-state index is 0.0373. The van der Waals surface area contributed by atoms with E-state index in [-0.39, 0.29) is 18.9 Å². The molecule has 9 heteroatoms. The summed E-state index contributed by atoms with van der Waals surface area (Å²) in [5, 5.41) is 0. The van der Waals surface area contributed by atoms with Gasteiger partial charge in [-0.2, -0.15) is 0 Å². The number of ether oxygens (including phenoxy) is 1. The highest BCUT2D eigenvalue weighted by Gasteiger charge is 2.36. The number of hydrazine groups is 1. The number of hydrogen-bond acceptors (Lipinski definition) is 6. The summed E-state index contributed by atoms with van der Waals surface area (Å²) in [5.41, 5.74) is 4.91. The van der Waals surface area contributed by atoms with E-state index in [1.165, 1.54) is 6.92 Å². The minimum Gasteiger partial charge on any atom is -0.455 e. The Bertz CT molecular complexity index is 694. The lowest BCUT2D eigenvalue weighted by Gasteiger charge is -2.17. The summed E-state index contributed by atoms with van der Waals surface area (Å²) in [5.74, 6) is -2.50. The molecule has 0 saturated carbocycles. The maximum Gasteiger partial charge on any atom is 0.311 e. The molecule has 2 rings (SSSR count). The summed E-state index contributed by atoms with van der Waals surface area (Å²) in [7, 11) is 0. The maximum atomic E-state index is 12.2. The van der Waals surface area contributed by atoms with Gasteiger partial charge in [-0.15, -0.1) is 11.8 Å². The van der Waals surface area contributed by atoms with Crippen molar-refractivity contribution in [2.45, 2.75) is 18.2 Å². The molecule has 1 aliphatic rings. The van der Waals surface area contributed by atoms with Crippen LogP contribution in [0.2, 0.25) is 0 Å². The van der Waals surface area contributed by atoms with Crippen molar-refractivity contribution in [3.8, 4) is 0 Å². The molecule has 1 atom stereocenters. The van der Waals surface area contributed by atoms with E-state index in [0.717, 1.165) is 10.6 Å². The van der Waals surface area contributed by atoms with Crippen molar-refractivity contribution in [2.75, 3.05) is 24.3 Å². The van der Waals surface area contributed by atoms with Gasteiger partial charge in [0, 0.05) is 30.5 Å². The molecule has 1 heterocycles. The van der Waals surface area contributed by atoms with Gasteiger partial charge in [0.05, 0.1) is 5.92 Å². The van der Waals surface area contributed by atoms with E-state index in [1.54, 1.807) is 16.7 Å². The zero-order valence-corrected chi connectivity index (χ0v) is 14.7. The van der Waals surface area contributed by atoms with E-state index in [4.69, 9.17) is 4.74 Å². The van der Waals surface area contributed by atoms with Gasteiger partial charge in [0.1, 0.15) is 0 Å². The molecule has 1 aromatic carbocycles. The Morgan fingerprint density at radius 1 is 1.32 bits per heavy atom. The maximum absolute atomic E-state index is 12.2. The second-order valence-electron chi connectivity index (χ2n) is 5.44. The number of nitrogens with zero attached hydrogens (tertiary/aromatic N) is 1. The van der Waals surface area contributed by atoms with Crippen LogP contribution in [0.1, 0.15) is 13.3 Å². The molecule has 134 valence electrons. The molecule has 25 heavy (non-hydrogen) atoms. The van der Waals surface area contributed by atoms with E-state index >= 15 is 0 Å². The molecular weight excluding hydrogens is 346 g/mol. The fourth-order valence-electron chi connectivity index (χ4n) is 2.34. The summed E-state index contributed by atoms with van der Waals surface area (Å²) in [6.45, 7) is 0.922. The molecule has 3 amide bonds. The van der Waals surface area contributed by atoms with Gasteiger partial charge < -0.3 is 9.64 Å². The summed E-state index contributed by atoms with van der Waals surface area (Å²) in [6, 6.07) is 7.49. The molecule has 1 fully saturated rings. The summed E-state index contributed by atoms with van der Waals surface area (Å²) in [6.07, 6.45) is 1.98. The molecule has 0 unspecified atom stereocenters. The third kappa shape index (κ3) is 5.21. The molecular formula is C16H19N3O5S. The van der Waals surface area contributed by atoms with Crippen molar-refractivity contribution >= 4 is 41.1 Å². The van der Waals surface area contributed by atoms with Crippen LogP contribution in [0.4, 0.5) is 5.69 Å². The Balaban J connectivity index is 1.89. The van der Waals surface area contributed by atoms with Crippen LogP contribution in [0.5, 0.6) is 0 Å². The number of thioether (sulfide) groups is 1. The van der Waals surface area contributed by atoms with E-state index < -0.39 is 30.3 Å². The Morgan fingerprint density at radius 2 is 2.08 bits per heavy atom. The number of esters is 1. The fourth-order valence-corrected chi connectivity index (χ4v) is 2.79. The van der Waals surface area contributed by atoms with Crippen LogP contribution in [-0.2, 0) is 23.9 Å². The monoisotopic (exact) mass is 365 g/mol. The Hall–Kier alpha value is -2.55. The van der Waals surface area contributed by atoms with E-state index in [0.29, 0.717) is 0 Å². The zero-order valence-electron chi connectivity index (χ0n) is 13.9. The Morgan fingerprint density at radius 3 is 2.76 bits per heavy atom. The second-order valence-corrected chi connectivity index (χ2v) is 6.32. The number of anilines is 1. The van der Waals surface area contributed by atoms with E-state index in [1.807, 2.05) is 30.5 Å². The number of carbonyl (C=O) groups is 4. The molecule has 0 aromatic heterocycles. The Labute approximate surface area is 149 Å². The highest BCUT2D eigenvalue weighted by molar-refractivity contribution is 7.98. The first-order valence-corrected chi connectivity index (χ1v) is 8.79. The van der Waals surface area contributed by atoms with Gasteiger partial charge in [-0.1, -0.05) is 6.07 Å². The second kappa shape index (κ2) is 8.52. The minimum atomic E-state index is -0.655. The Kier molecular flexibility index (Phi) is 6.40. The summed E-state index contributed by atoms with van der Waals surface area (Å²) >= 11 is 1.56. The van der Waals surface area contributed by atoms with Gasteiger partial charge >= 0.3 is 5.97 Å². The third-order valence-corrected chi connectivity index (χ3v) is 4.27. The predicted octanol–water partition coefficient (Wildman–Crippen LogP) is 0.472. The lowest BCUT2D eigenvalue weighted by molar-refractivity contribution is -0.152. The first-order chi connectivity index (χ1) is 11.9. The predicted molar refractivity (Wildman–Crippen MR) is 91.6 cm³/mol. The SMILES string of the molecule is CSc1cccc(N2C[C@@H](C(=O)OCC(=O)NNC(C)=O)CC2=O)c1. The van der Waals surface area contributed by atoms with Crippen LogP contribution in [0.15, 0.2) is 29.2 Å². The van der Waals surface area contributed by atoms with Crippen LogP contribution in [0.25, 0.3) is 0 Å². The van der Waals surface area contributed by atoms with Crippen LogP contribution in [0, 0.1) is 5.92 Å². The van der Waals surface area contributed by atoms with Crippen LogP contribution >= 0.6 is 11.8 Å². The van der Waals surface area contributed by atoms with Crippen molar-refractivity contribution < 1.29 is 23.9 Å². The first-order valence-electron chi connectivity index (χ1n) is 7.57. The number of benzene rings is 1. The third-order valence-electron chi connectivity index (χ3n) is 3.55. The topological polar surface area (TPSA) is 105 Å². The van der Waals surface area contributed by atoms with Gasteiger partial charge in [-0.05, 0) is 24.5 Å². The van der Waals surface area contributed by atoms with Crippen molar-refractivity contribution in [1.82, 2.24) is 10.9 Å². The number of carbonyl (C=O) groups excluding carboxylic acids is 4. The van der Waals surface area contributed by atoms with E-state index in [9.17, 15) is 19.2 Å². The molecule has 1 aliphatic heterocycles. The van der Waals surface area contributed by atoms with Gasteiger partial charge in [0.25, 0.3) is 5.91 Å². The molecule has 0 spiro atoms. The van der Waals surface area contributed by atoms with Gasteiger partial charge in [0.15, 0.2) is 6.61 Å². The van der Waals surface area contributed by atoms with Gasteiger partial charge in [-0.25, -0.2) is 0 Å². The number of amides is 3. The quantitative estimate of drug-likeness (QED) is 0.447. The molecule has 2 N–H and O–H groups in total. The van der Waals surface area contributed by atoms with E-state index in [2.05, 4.69) is 10.9 Å². The zero-order chi connectivity index (χ0) is 18.4. The summed E-state index contributed by atoms with van der Waals surface area (Å²) < 4.78 is 4.91. The molecule has 8 nitrogen and oxygen atoms in total. The highest BCUT2D eigenvalue weighted by Crippen LogP contribution is 2.28. The average molecular weight is 365 g/mol. The van der Waals surface area contributed by atoms with Crippen LogP contribution < -0.4 is 15.8 Å². The molecule has 0 bridgehead atoms. The van der Waals surface area contributed by atoms with Crippen LogP contribution in [-0.4, -0.2) is 43.1 Å². The smallest absolute Gasteiger partial charge is 0.311 e. The van der Waals surface area contributed by atoms with Crippen LogP contribution in [0.3, 0.4) is 0 Å². The number of hydrogen-bond donors (Lipinski definition) is 2. The highest BCUT2D eigenvalue weighted by atomic mass is 32.2. The molecule has 0 aliphatic carbocycles. The normalized spacial score (nSPS) is 16.5. The van der Waals surface area contributed by atoms with Crippen molar-refractivity contribution in [2.24, 2.45) is 5.92 Å². The lowest BCUT2D eigenvalue weighted by Crippen LogP contribution is -2.42. The standard InChI is InChI=1S/C16H19N3O5S/c1-10(20)17-18-14(21)9-24-16(23)11-6-15(22)19(8-11)12-4-3-5-13(7-12)25-2/h3-5,7,11H,6,8-9H2,1-2H3,(H,17,20)(H,18,21)/t11-/m0/s1. The largest absolute Gasteiger partial charge is 0.455 e. The van der Waals surface area contributed by atoms with Gasteiger partial charge in [-0.3, -0.25) is 30.0 Å². The first kappa shape index (κ1) is 18.8. The fraction of sp³-hybridized carbons (Fsp3) is 0.375. The van der Waals surface area contributed by atoms with Crippen molar-refractivity contribution in [3.63, 3.8) is 0 Å². The summed E-state index contributed by atoms with van der Waals surface area (Å²) in [4.78, 5) is 48.9. The van der Waals surface area contributed by atoms with Crippen molar-refractivity contribution in [1.29, 1.82) is 0 Å². The lowest BCUT2D eigenvalue weighted by atomic mass is 10.1. The molecule has 0 radical (unpaired) electrons. The number of rotatable bonds is 5. The molecule has 1 saturated heterocycles. The van der Waals surface area contributed by atoms with Gasteiger partial charge in [0.2, 0.25) is 11.8 Å². The molecule has 1 aromatic rings. The average Bonchev–Trinajstić information content (AvgIpc) is 2.99.